The fourth-order valence-corrected chi connectivity index (χ4v) is 3.06. The molecule has 0 heterocycles. The van der Waals surface area contributed by atoms with E-state index in [9.17, 15) is 4.79 Å². The molecule has 0 saturated heterocycles. The van der Waals surface area contributed by atoms with E-state index in [-0.39, 0.29) is 11.3 Å². The first-order valence-electron chi connectivity index (χ1n) is 8.27. The summed E-state index contributed by atoms with van der Waals surface area (Å²) < 4.78 is 16.0. The molecule has 2 aromatic carbocycles. The molecule has 0 atom stereocenters. The molecule has 3 rings (SSSR count). The lowest BCUT2D eigenvalue weighted by atomic mass is 9.95. The standard InChI is InChI=1S/C20H23NO4/c1-23-16-7-5-4-6-15(16)19(22)21-13-20(10-11-20)14-8-9-17(24-2)18(12-14)25-3/h4-9,12H,10-11,13H2,1-3H3,(H,21,22). The molecule has 1 amide bonds. The van der Waals surface area contributed by atoms with E-state index in [1.807, 2.05) is 30.3 Å². The van der Waals surface area contributed by atoms with E-state index < -0.39 is 0 Å². The normalized spacial score (nSPS) is 14.5. The molecule has 1 aliphatic rings. The van der Waals surface area contributed by atoms with Gasteiger partial charge in [-0.25, -0.2) is 0 Å². The molecule has 5 nitrogen and oxygen atoms in total. The second-order valence-electron chi connectivity index (χ2n) is 6.23. The summed E-state index contributed by atoms with van der Waals surface area (Å²) >= 11 is 0. The molecule has 0 aliphatic heterocycles. The maximum absolute atomic E-state index is 12.5. The van der Waals surface area contributed by atoms with Gasteiger partial charge in [0.1, 0.15) is 5.75 Å². The lowest BCUT2D eigenvalue weighted by Gasteiger charge is -2.19. The minimum absolute atomic E-state index is 0.0305. The van der Waals surface area contributed by atoms with Crippen molar-refractivity contribution in [1.29, 1.82) is 0 Å². The maximum Gasteiger partial charge on any atom is 0.255 e. The largest absolute Gasteiger partial charge is 0.496 e. The molecule has 0 unspecified atom stereocenters. The number of carbonyl (C=O) groups excluding carboxylic acids is 1. The monoisotopic (exact) mass is 341 g/mol. The second-order valence-corrected chi connectivity index (χ2v) is 6.23. The summed E-state index contributed by atoms with van der Waals surface area (Å²) in [5, 5.41) is 3.05. The van der Waals surface area contributed by atoms with Crippen LogP contribution in [0.4, 0.5) is 0 Å². The van der Waals surface area contributed by atoms with Crippen LogP contribution in [0.2, 0.25) is 0 Å². The number of nitrogens with one attached hydrogen (secondary N) is 1. The Hall–Kier alpha value is -2.69. The average molecular weight is 341 g/mol. The molecular formula is C20H23NO4. The molecule has 0 bridgehead atoms. The van der Waals surface area contributed by atoms with Crippen molar-refractivity contribution in [3.05, 3.63) is 53.6 Å². The number of amides is 1. The maximum atomic E-state index is 12.5. The SMILES string of the molecule is COc1ccc(C2(CNC(=O)c3ccccc3OC)CC2)cc1OC. The van der Waals surface area contributed by atoms with Crippen LogP contribution in [0.15, 0.2) is 42.5 Å². The Morgan fingerprint density at radius 2 is 1.64 bits per heavy atom. The third-order valence-corrected chi connectivity index (χ3v) is 4.79. The molecule has 0 spiro atoms. The van der Waals surface area contributed by atoms with Crippen LogP contribution in [-0.2, 0) is 5.41 Å². The summed E-state index contributed by atoms with van der Waals surface area (Å²) in [5.74, 6) is 1.88. The van der Waals surface area contributed by atoms with Crippen LogP contribution in [0.25, 0.3) is 0 Å². The number of benzene rings is 2. The predicted octanol–water partition coefficient (Wildman–Crippen LogP) is 3.17. The highest BCUT2D eigenvalue weighted by molar-refractivity contribution is 5.97. The first-order valence-corrected chi connectivity index (χ1v) is 8.27. The van der Waals surface area contributed by atoms with Crippen LogP contribution in [0, 0.1) is 0 Å². The molecule has 25 heavy (non-hydrogen) atoms. The minimum atomic E-state index is -0.121. The van der Waals surface area contributed by atoms with E-state index >= 15 is 0 Å². The summed E-state index contributed by atoms with van der Waals surface area (Å²) in [5.41, 5.74) is 1.68. The molecule has 132 valence electrons. The second kappa shape index (κ2) is 7.05. The number of ether oxygens (including phenoxy) is 3. The van der Waals surface area contributed by atoms with Gasteiger partial charge in [0.05, 0.1) is 26.9 Å². The minimum Gasteiger partial charge on any atom is -0.496 e. The van der Waals surface area contributed by atoms with E-state index in [2.05, 4.69) is 5.32 Å². The smallest absolute Gasteiger partial charge is 0.255 e. The number of methoxy groups -OCH3 is 3. The zero-order valence-electron chi connectivity index (χ0n) is 14.8. The van der Waals surface area contributed by atoms with Gasteiger partial charge in [-0.05, 0) is 42.7 Å². The summed E-state index contributed by atoms with van der Waals surface area (Å²) in [7, 11) is 4.82. The van der Waals surface area contributed by atoms with Crippen molar-refractivity contribution in [3.63, 3.8) is 0 Å². The molecular weight excluding hydrogens is 318 g/mol. The van der Waals surface area contributed by atoms with Gasteiger partial charge in [-0.3, -0.25) is 4.79 Å². The van der Waals surface area contributed by atoms with Gasteiger partial charge in [0.25, 0.3) is 5.91 Å². The third kappa shape index (κ3) is 3.40. The van der Waals surface area contributed by atoms with Gasteiger partial charge in [-0.2, -0.15) is 0 Å². The van der Waals surface area contributed by atoms with Gasteiger partial charge in [0.15, 0.2) is 11.5 Å². The first kappa shape index (κ1) is 17.1. The van der Waals surface area contributed by atoms with Gasteiger partial charge in [0, 0.05) is 12.0 Å². The lowest BCUT2D eigenvalue weighted by Crippen LogP contribution is -2.32. The van der Waals surface area contributed by atoms with Gasteiger partial charge in [-0.15, -0.1) is 0 Å². The van der Waals surface area contributed by atoms with Crippen molar-refractivity contribution in [2.24, 2.45) is 0 Å². The molecule has 1 N–H and O–H groups in total. The number of carbonyl (C=O) groups is 1. The van der Waals surface area contributed by atoms with Gasteiger partial charge >= 0.3 is 0 Å². The van der Waals surface area contributed by atoms with Gasteiger partial charge in [-0.1, -0.05) is 18.2 Å². The highest BCUT2D eigenvalue weighted by Gasteiger charge is 2.44. The summed E-state index contributed by atoms with van der Waals surface area (Å²) in [6, 6.07) is 13.2. The van der Waals surface area contributed by atoms with Crippen LogP contribution in [0.1, 0.15) is 28.8 Å². The molecule has 1 fully saturated rings. The molecule has 5 heteroatoms. The summed E-state index contributed by atoms with van der Waals surface area (Å²) in [4.78, 5) is 12.5. The Kier molecular flexibility index (Phi) is 4.83. The van der Waals surface area contributed by atoms with Crippen LogP contribution in [0.5, 0.6) is 17.2 Å². The van der Waals surface area contributed by atoms with Crippen LogP contribution in [0.3, 0.4) is 0 Å². The summed E-state index contributed by atoms with van der Waals surface area (Å²) in [6.45, 7) is 0.583. The lowest BCUT2D eigenvalue weighted by molar-refractivity contribution is 0.0946. The van der Waals surface area contributed by atoms with E-state index in [4.69, 9.17) is 14.2 Å². The fourth-order valence-electron chi connectivity index (χ4n) is 3.06. The molecule has 0 aromatic heterocycles. The number of hydrogen-bond acceptors (Lipinski definition) is 4. The van der Waals surface area contributed by atoms with E-state index in [0.29, 0.717) is 29.4 Å². The van der Waals surface area contributed by atoms with E-state index in [1.165, 1.54) is 0 Å². The van der Waals surface area contributed by atoms with Gasteiger partial charge in [0.2, 0.25) is 0 Å². The fraction of sp³-hybridized carbons (Fsp3) is 0.350. The highest BCUT2D eigenvalue weighted by Crippen LogP contribution is 2.49. The predicted molar refractivity (Wildman–Crippen MR) is 95.8 cm³/mol. The Balaban J connectivity index is 1.74. The van der Waals surface area contributed by atoms with Crippen molar-refractivity contribution >= 4 is 5.91 Å². The van der Waals surface area contributed by atoms with Crippen LogP contribution >= 0.6 is 0 Å². The van der Waals surface area contributed by atoms with Gasteiger partial charge < -0.3 is 19.5 Å². The Morgan fingerprint density at radius 1 is 0.960 bits per heavy atom. The number of rotatable bonds is 7. The van der Waals surface area contributed by atoms with Crippen molar-refractivity contribution < 1.29 is 19.0 Å². The van der Waals surface area contributed by atoms with E-state index in [0.717, 1.165) is 18.4 Å². The Labute approximate surface area is 147 Å². The van der Waals surface area contributed by atoms with E-state index in [1.54, 1.807) is 33.5 Å². The van der Waals surface area contributed by atoms with Crippen molar-refractivity contribution in [2.75, 3.05) is 27.9 Å². The Bertz CT molecular complexity index is 768. The molecule has 0 radical (unpaired) electrons. The zero-order chi connectivity index (χ0) is 17.9. The van der Waals surface area contributed by atoms with Crippen LogP contribution in [-0.4, -0.2) is 33.8 Å². The summed E-state index contributed by atoms with van der Waals surface area (Å²) in [6.07, 6.45) is 2.07. The number of para-hydroxylation sites is 1. The first-order chi connectivity index (χ1) is 12.1. The third-order valence-electron chi connectivity index (χ3n) is 4.79. The topological polar surface area (TPSA) is 56.8 Å². The number of hydrogen-bond donors (Lipinski definition) is 1. The zero-order valence-corrected chi connectivity index (χ0v) is 14.8. The van der Waals surface area contributed by atoms with Crippen molar-refractivity contribution in [3.8, 4) is 17.2 Å². The average Bonchev–Trinajstić information content (AvgIpc) is 3.46. The molecule has 1 saturated carbocycles. The van der Waals surface area contributed by atoms with Crippen LogP contribution < -0.4 is 19.5 Å². The highest BCUT2D eigenvalue weighted by atomic mass is 16.5. The molecule has 1 aliphatic carbocycles. The Morgan fingerprint density at radius 3 is 2.28 bits per heavy atom. The molecule has 2 aromatic rings. The van der Waals surface area contributed by atoms with Crippen molar-refractivity contribution in [1.82, 2.24) is 5.32 Å². The van der Waals surface area contributed by atoms with Crippen molar-refractivity contribution in [2.45, 2.75) is 18.3 Å². The quantitative estimate of drug-likeness (QED) is 0.840.